The van der Waals surface area contributed by atoms with Gasteiger partial charge in [0.1, 0.15) is 0 Å². The van der Waals surface area contributed by atoms with E-state index in [1.807, 2.05) is 6.07 Å². The Morgan fingerprint density at radius 3 is 2.35 bits per heavy atom. The first-order chi connectivity index (χ1) is 9.58. The number of nitro benzene ring substituents is 1. The van der Waals surface area contributed by atoms with Gasteiger partial charge in [-0.3, -0.25) is 25.8 Å². The third-order valence-corrected chi connectivity index (χ3v) is 3.21. The Labute approximate surface area is 123 Å². The Bertz CT molecular complexity index is 644. The van der Waals surface area contributed by atoms with Crippen molar-refractivity contribution in [3.05, 3.63) is 68.7 Å². The summed E-state index contributed by atoms with van der Waals surface area (Å²) in [6.07, 6.45) is 0. The van der Waals surface area contributed by atoms with E-state index >= 15 is 0 Å². The SMILES string of the molecule is O=C(NNc1ccc([N+](=O)[O-])cc1)c1ccccc1Br. The van der Waals surface area contributed by atoms with Crippen LogP contribution in [-0.2, 0) is 0 Å². The summed E-state index contributed by atoms with van der Waals surface area (Å²) in [5, 5.41) is 10.5. The van der Waals surface area contributed by atoms with Crippen molar-refractivity contribution in [3.8, 4) is 0 Å². The molecule has 0 unspecified atom stereocenters. The molecule has 0 radical (unpaired) electrons. The van der Waals surface area contributed by atoms with Gasteiger partial charge in [0.2, 0.25) is 0 Å². The summed E-state index contributed by atoms with van der Waals surface area (Å²) in [5.74, 6) is -0.309. The van der Waals surface area contributed by atoms with Gasteiger partial charge in [0.05, 0.1) is 16.2 Å². The molecule has 2 N–H and O–H groups in total. The van der Waals surface area contributed by atoms with Crippen LogP contribution in [0, 0.1) is 10.1 Å². The first kappa shape index (κ1) is 14.0. The Kier molecular flexibility index (Phi) is 4.31. The second kappa shape index (κ2) is 6.16. The molecule has 20 heavy (non-hydrogen) atoms. The number of rotatable bonds is 4. The number of hydrazine groups is 1. The summed E-state index contributed by atoms with van der Waals surface area (Å²) >= 11 is 3.29. The summed E-state index contributed by atoms with van der Waals surface area (Å²) in [6, 6.07) is 12.7. The summed E-state index contributed by atoms with van der Waals surface area (Å²) in [4.78, 5) is 21.9. The molecule has 1 amide bonds. The van der Waals surface area contributed by atoms with Crippen LogP contribution in [-0.4, -0.2) is 10.8 Å². The van der Waals surface area contributed by atoms with Crippen molar-refractivity contribution in [2.75, 3.05) is 5.43 Å². The van der Waals surface area contributed by atoms with E-state index in [0.717, 1.165) is 0 Å². The minimum atomic E-state index is -0.483. The van der Waals surface area contributed by atoms with E-state index in [2.05, 4.69) is 26.8 Å². The molecule has 0 saturated heterocycles. The fraction of sp³-hybridized carbons (Fsp3) is 0. The summed E-state index contributed by atoms with van der Waals surface area (Å²) in [6.45, 7) is 0. The fourth-order valence-electron chi connectivity index (χ4n) is 1.51. The van der Waals surface area contributed by atoms with Crippen molar-refractivity contribution in [2.24, 2.45) is 0 Å². The number of halogens is 1. The van der Waals surface area contributed by atoms with Gasteiger partial charge in [0.15, 0.2) is 0 Å². The lowest BCUT2D eigenvalue weighted by molar-refractivity contribution is -0.384. The second-order valence-electron chi connectivity index (χ2n) is 3.86. The molecule has 2 aromatic rings. The van der Waals surface area contributed by atoms with Gasteiger partial charge in [-0.15, -0.1) is 0 Å². The van der Waals surface area contributed by atoms with Crippen LogP contribution in [0.25, 0.3) is 0 Å². The van der Waals surface area contributed by atoms with E-state index in [0.29, 0.717) is 15.7 Å². The molecule has 0 spiro atoms. The van der Waals surface area contributed by atoms with E-state index in [1.165, 1.54) is 24.3 Å². The van der Waals surface area contributed by atoms with Crippen LogP contribution in [0.2, 0.25) is 0 Å². The molecule has 102 valence electrons. The molecule has 0 fully saturated rings. The molecular formula is C13H10BrN3O3. The predicted molar refractivity (Wildman–Crippen MR) is 78.3 cm³/mol. The van der Waals surface area contributed by atoms with Crippen LogP contribution in [0.1, 0.15) is 10.4 Å². The van der Waals surface area contributed by atoms with E-state index < -0.39 is 4.92 Å². The molecule has 2 aromatic carbocycles. The van der Waals surface area contributed by atoms with E-state index in [4.69, 9.17) is 0 Å². The Balaban J connectivity index is 2.00. The molecule has 0 saturated carbocycles. The largest absolute Gasteiger partial charge is 0.298 e. The number of nitro groups is 1. The number of carbonyl (C=O) groups excluding carboxylic acids is 1. The van der Waals surface area contributed by atoms with Gasteiger partial charge in [0, 0.05) is 16.6 Å². The van der Waals surface area contributed by atoms with Crippen LogP contribution in [0.4, 0.5) is 11.4 Å². The number of hydrogen-bond donors (Lipinski definition) is 2. The van der Waals surface area contributed by atoms with Gasteiger partial charge in [-0.1, -0.05) is 12.1 Å². The molecular weight excluding hydrogens is 326 g/mol. The number of carbonyl (C=O) groups is 1. The highest BCUT2D eigenvalue weighted by Crippen LogP contribution is 2.17. The third kappa shape index (κ3) is 3.33. The van der Waals surface area contributed by atoms with Crippen molar-refractivity contribution in [3.63, 3.8) is 0 Å². The number of anilines is 1. The van der Waals surface area contributed by atoms with Gasteiger partial charge in [-0.05, 0) is 40.2 Å². The smallest absolute Gasteiger partial charge is 0.270 e. The molecule has 0 aliphatic heterocycles. The molecule has 0 atom stereocenters. The zero-order chi connectivity index (χ0) is 14.5. The minimum absolute atomic E-state index is 0.00678. The van der Waals surface area contributed by atoms with Crippen molar-refractivity contribution >= 4 is 33.2 Å². The van der Waals surface area contributed by atoms with E-state index in [1.54, 1.807) is 18.2 Å². The summed E-state index contributed by atoms with van der Waals surface area (Å²) in [7, 11) is 0. The van der Waals surface area contributed by atoms with Crippen LogP contribution in [0.15, 0.2) is 53.0 Å². The Hall–Kier alpha value is -2.41. The van der Waals surface area contributed by atoms with Crippen LogP contribution < -0.4 is 10.9 Å². The molecule has 6 nitrogen and oxygen atoms in total. The summed E-state index contributed by atoms with van der Waals surface area (Å²) < 4.78 is 0.683. The molecule has 0 bridgehead atoms. The highest BCUT2D eigenvalue weighted by atomic mass is 79.9. The number of hydrogen-bond acceptors (Lipinski definition) is 4. The topological polar surface area (TPSA) is 84.3 Å². The average Bonchev–Trinajstić information content (AvgIpc) is 2.45. The quantitative estimate of drug-likeness (QED) is 0.664. The molecule has 2 rings (SSSR count). The van der Waals surface area contributed by atoms with Crippen molar-refractivity contribution in [1.82, 2.24) is 5.43 Å². The summed E-state index contributed by atoms with van der Waals surface area (Å²) in [5.41, 5.74) is 6.24. The molecule has 7 heteroatoms. The zero-order valence-electron chi connectivity index (χ0n) is 10.2. The number of benzene rings is 2. The number of nitrogens with one attached hydrogen (secondary N) is 2. The first-order valence-electron chi connectivity index (χ1n) is 5.63. The van der Waals surface area contributed by atoms with Gasteiger partial charge in [0.25, 0.3) is 11.6 Å². The maximum absolute atomic E-state index is 11.9. The van der Waals surface area contributed by atoms with Gasteiger partial charge >= 0.3 is 0 Å². The van der Waals surface area contributed by atoms with Crippen LogP contribution in [0.3, 0.4) is 0 Å². The lowest BCUT2D eigenvalue weighted by Gasteiger charge is -2.09. The van der Waals surface area contributed by atoms with Gasteiger partial charge < -0.3 is 0 Å². The van der Waals surface area contributed by atoms with Crippen molar-refractivity contribution < 1.29 is 9.72 Å². The zero-order valence-corrected chi connectivity index (χ0v) is 11.8. The van der Waals surface area contributed by atoms with E-state index in [-0.39, 0.29) is 11.6 Å². The second-order valence-corrected chi connectivity index (χ2v) is 4.72. The average molecular weight is 336 g/mol. The lowest BCUT2D eigenvalue weighted by Crippen LogP contribution is -2.29. The van der Waals surface area contributed by atoms with Crippen LogP contribution >= 0.6 is 15.9 Å². The van der Waals surface area contributed by atoms with Gasteiger partial charge in [-0.2, -0.15) is 0 Å². The minimum Gasteiger partial charge on any atom is -0.298 e. The van der Waals surface area contributed by atoms with E-state index in [9.17, 15) is 14.9 Å². The maximum Gasteiger partial charge on any atom is 0.270 e. The van der Waals surface area contributed by atoms with Crippen molar-refractivity contribution in [1.29, 1.82) is 0 Å². The standard InChI is InChI=1S/C13H10BrN3O3/c14-12-4-2-1-3-11(12)13(18)16-15-9-5-7-10(8-6-9)17(19)20/h1-8,15H,(H,16,18). The number of amides is 1. The number of nitrogens with zero attached hydrogens (tertiary/aromatic N) is 1. The normalized spacial score (nSPS) is 9.85. The molecule has 0 heterocycles. The van der Waals surface area contributed by atoms with Gasteiger partial charge in [-0.25, -0.2) is 0 Å². The highest BCUT2D eigenvalue weighted by Gasteiger charge is 2.09. The molecule has 0 aromatic heterocycles. The Morgan fingerprint density at radius 1 is 1.10 bits per heavy atom. The third-order valence-electron chi connectivity index (χ3n) is 2.52. The maximum atomic E-state index is 11.9. The number of non-ortho nitro benzene ring substituents is 1. The molecule has 0 aliphatic rings. The highest BCUT2D eigenvalue weighted by molar-refractivity contribution is 9.10. The lowest BCUT2D eigenvalue weighted by atomic mass is 10.2. The monoisotopic (exact) mass is 335 g/mol. The van der Waals surface area contributed by atoms with Crippen molar-refractivity contribution in [2.45, 2.75) is 0 Å². The first-order valence-corrected chi connectivity index (χ1v) is 6.42. The molecule has 0 aliphatic carbocycles. The fourth-order valence-corrected chi connectivity index (χ4v) is 1.97. The predicted octanol–water partition coefficient (Wildman–Crippen LogP) is 3.11. The Morgan fingerprint density at radius 2 is 1.75 bits per heavy atom. The van der Waals surface area contributed by atoms with Crippen LogP contribution in [0.5, 0.6) is 0 Å².